The van der Waals surface area contributed by atoms with Gasteiger partial charge in [0.2, 0.25) is 11.7 Å². The lowest BCUT2D eigenvalue weighted by Crippen LogP contribution is -2.31. The minimum atomic E-state index is -0.868. The molecule has 0 radical (unpaired) electrons. The van der Waals surface area contributed by atoms with Crippen molar-refractivity contribution in [2.45, 2.75) is 52.1 Å². The predicted octanol–water partition coefficient (Wildman–Crippen LogP) is 6.33. The van der Waals surface area contributed by atoms with Crippen molar-refractivity contribution in [2.24, 2.45) is 5.92 Å². The van der Waals surface area contributed by atoms with Crippen molar-refractivity contribution >= 4 is 23.3 Å². The molecule has 0 aliphatic carbocycles. The van der Waals surface area contributed by atoms with E-state index >= 15 is 0 Å². The normalized spacial score (nSPS) is 16.4. The van der Waals surface area contributed by atoms with Gasteiger partial charge in [0.1, 0.15) is 11.5 Å². The maximum absolute atomic E-state index is 12.8. The molecular weight excluding hydrogens is 466 g/mol. The van der Waals surface area contributed by atoms with Crippen LogP contribution in [0, 0.1) is 5.92 Å². The highest BCUT2D eigenvalue weighted by Crippen LogP contribution is 2.31. The molecule has 0 unspecified atom stereocenters. The molecule has 3 aromatic rings. The average Bonchev–Trinajstić information content (AvgIpc) is 3.29. The fourth-order valence-electron chi connectivity index (χ4n) is 4.32. The number of nitrogens with zero attached hydrogens (tertiary/aromatic N) is 1. The molecule has 192 valence electrons. The zero-order chi connectivity index (χ0) is 26.6. The summed E-state index contributed by atoms with van der Waals surface area (Å²) >= 11 is 0. The van der Waals surface area contributed by atoms with Crippen LogP contribution in [0.5, 0.6) is 11.5 Å². The SMILES string of the molecule is CC[C@@H](OC(=O)[C@@H]1CC(=O)N(c2ccc(Oc3ccc(C(C)(C)C)cc3)cc2)C1)C(=O)c1ccccc1. The highest BCUT2D eigenvalue weighted by Gasteiger charge is 2.37. The monoisotopic (exact) mass is 499 g/mol. The molecule has 0 bridgehead atoms. The standard InChI is InChI=1S/C31H33NO5/c1-5-27(29(34)21-9-7-6-8-10-21)37-30(35)22-19-28(33)32(20-22)24-13-17-26(18-14-24)36-25-15-11-23(12-16-25)31(2,3)4/h6-18,22,27H,5,19-20H2,1-4H3/t22-,27-/m1/s1. The maximum atomic E-state index is 12.8. The number of benzene rings is 3. The van der Waals surface area contributed by atoms with Crippen molar-refractivity contribution in [3.8, 4) is 11.5 Å². The van der Waals surface area contributed by atoms with E-state index in [0.29, 0.717) is 23.4 Å². The van der Waals surface area contributed by atoms with Crippen molar-refractivity contribution in [3.63, 3.8) is 0 Å². The highest BCUT2D eigenvalue weighted by atomic mass is 16.5. The Morgan fingerprint density at radius 2 is 1.51 bits per heavy atom. The molecule has 0 saturated carbocycles. The number of amides is 1. The Balaban J connectivity index is 1.36. The maximum Gasteiger partial charge on any atom is 0.312 e. The lowest BCUT2D eigenvalue weighted by atomic mass is 9.87. The molecule has 3 aromatic carbocycles. The van der Waals surface area contributed by atoms with Crippen molar-refractivity contribution in [1.29, 1.82) is 0 Å². The fraction of sp³-hybridized carbons (Fsp3) is 0.323. The lowest BCUT2D eigenvalue weighted by Gasteiger charge is -2.20. The van der Waals surface area contributed by atoms with Gasteiger partial charge < -0.3 is 14.4 Å². The number of carbonyl (C=O) groups excluding carboxylic acids is 3. The topological polar surface area (TPSA) is 72.9 Å². The summed E-state index contributed by atoms with van der Waals surface area (Å²) in [6, 6.07) is 24.0. The van der Waals surface area contributed by atoms with E-state index in [0.717, 1.165) is 5.75 Å². The van der Waals surface area contributed by atoms with Gasteiger partial charge in [-0.3, -0.25) is 14.4 Å². The minimum absolute atomic E-state index is 0.0488. The molecule has 0 aromatic heterocycles. The van der Waals surface area contributed by atoms with Crippen LogP contribution in [0.1, 0.15) is 56.5 Å². The Kier molecular flexibility index (Phi) is 7.77. The molecule has 1 amide bonds. The number of ether oxygens (including phenoxy) is 2. The Morgan fingerprint density at radius 1 is 0.919 bits per heavy atom. The predicted molar refractivity (Wildman–Crippen MR) is 143 cm³/mol. The molecule has 0 spiro atoms. The smallest absolute Gasteiger partial charge is 0.312 e. The first-order chi connectivity index (χ1) is 17.7. The number of carbonyl (C=O) groups is 3. The number of rotatable bonds is 8. The second-order valence-electron chi connectivity index (χ2n) is 10.3. The van der Waals surface area contributed by atoms with Gasteiger partial charge in [0.05, 0.1) is 5.92 Å². The second kappa shape index (κ2) is 11.0. The van der Waals surface area contributed by atoms with Crippen LogP contribution in [-0.2, 0) is 19.7 Å². The molecule has 1 saturated heterocycles. The number of ketones is 1. The fourth-order valence-corrected chi connectivity index (χ4v) is 4.32. The van der Waals surface area contributed by atoms with E-state index in [9.17, 15) is 14.4 Å². The third kappa shape index (κ3) is 6.26. The van der Waals surface area contributed by atoms with Gasteiger partial charge in [-0.2, -0.15) is 0 Å². The molecule has 1 aliphatic rings. The van der Waals surface area contributed by atoms with Crippen molar-refractivity contribution in [1.82, 2.24) is 0 Å². The summed E-state index contributed by atoms with van der Waals surface area (Å²) < 4.78 is 11.5. The van der Waals surface area contributed by atoms with E-state index in [4.69, 9.17) is 9.47 Å². The zero-order valence-corrected chi connectivity index (χ0v) is 21.8. The molecular formula is C31H33NO5. The van der Waals surface area contributed by atoms with E-state index in [-0.39, 0.29) is 30.1 Å². The lowest BCUT2D eigenvalue weighted by molar-refractivity contribution is -0.151. The van der Waals surface area contributed by atoms with Crippen LogP contribution in [0.25, 0.3) is 0 Å². The van der Waals surface area contributed by atoms with E-state index in [1.54, 1.807) is 60.4 Å². The van der Waals surface area contributed by atoms with Gasteiger partial charge >= 0.3 is 5.97 Å². The summed E-state index contributed by atoms with van der Waals surface area (Å²) in [4.78, 5) is 39.9. The van der Waals surface area contributed by atoms with Gasteiger partial charge in [-0.15, -0.1) is 0 Å². The summed E-state index contributed by atoms with van der Waals surface area (Å²) in [6.07, 6.45) is -0.454. The van der Waals surface area contributed by atoms with Crippen LogP contribution in [-0.4, -0.2) is 30.3 Å². The van der Waals surface area contributed by atoms with Gasteiger partial charge in [-0.25, -0.2) is 0 Å². The first-order valence-corrected chi connectivity index (χ1v) is 12.6. The van der Waals surface area contributed by atoms with Crippen molar-refractivity contribution < 1.29 is 23.9 Å². The summed E-state index contributed by atoms with van der Waals surface area (Å²) in [5, 5.41) is 0. The largest absolute Gasteiger partial charge is 0.457 e. The molecule has 6 nitrogen and oxygen atoms in total. The molecule has 6 heteroatoms. The first kappa shape index (κ1) is 26.1. The molecule has 1 fully saturated rings. The Hall–Kier alpha value is -3.93. The van der Waals surface area contributed by atoms with Crippen LogP contribution in [0.2, 0.25) is 0 Å². The number of hydrogen-bond acceptors (Lipinski definition) is 5. The van der Waals surface area contributed by atoms with E-state index in [2.05, 4.69) is 32.9 Å². The number of esters is 1. The number of anilines is 1. The molecule has 37 heavy (non-hydrogen) atoms. The highest BCUT2D eigenvalue weighted by molar-refractivity contribution is 6.02. The van der Waals surface area contributed by atoms with E-state index in [1.807, 2.05) is 18.2 Å². The first-order valence-electron chi connectivity index (χ1n) is 12.6. The summed E-state index contributed by atoms with van der Waals surface area (Å²) in [6.45, 7) is 8.50. The van der Waals surface area contributed by atoms with Crippen molar-refractivity contribution in [2.75, 3.05) is 11.4 Å². The van der Waals surface area contributed by atoms with E-state index < -0.39 is 18.0 Å². The summed E-state index contributed by atoms with van der Waals surface area (Å²) in [7, 11) is 0. The zero-order valence-electron chi connectivity index (χ0n) is 21.8. The third-order valence-corrected chi connectivity index (χ3v) is 6.54. The molecule has 2 atom stereocenters. The molecule has 0 N–H and O–H groups in total. The average molecular weight is 500 g/mol. The van der Waals surface area contributed by atoms with Gasteiger partial charge in [0.25, 0.3) is 0 Å². The Labute approximate surface area is 218 Å². The van der Waals surface area contributed by atoms with Crippen molar-refractivity contribution in [3.05, 3.63) is 90.0 Å². The Bertz CT molecular complexity index is 1240. The van der Waals surface area contributed by atoms with Gasteiger partial charge in [0, 0.05) is 24.2 Å². The third-order valence-electron chi connectivity index (χ3n) is 6.54. The second-order valence-corrected chi connectivity index (χ2v) is 10.3. The van der Waals surface area contributed by atoms with Crippen LogP contribution >= 0.6 is 0 Å². The number of Topliss-reactive ketones (excluding diaryl/α,β-unsaturated/α-hetero) is 1. The molecule has 4 rings (SSSR count). The summed E-state index contributed by atoms with van der Waals surface area (Å²) in [5.74, 6) is -0.151. The quantitative estimate of drug-likeness (QED) is 0.267. The van der Waals surface area contributed by atoms with E-state index in [1.165, 1.54) is 5.56 Å². The summed E-state index contributed by atoms with van der Waals surface area (Å²) in [5.41, 5.74) is 2.48. The molecule has 1 aliphatic heterocycles. The van der Waals surface area contributed by atoms with Gasteiger partial charge in [-0.05, 0) is 53.8 Å². The van der Waals surface area contributed by atoms with Crippen LogP contribution < -0.4 is 9.64 Å². The van der Waals surface area contributed by atoms with Gasteiger partial charge in [0.15, 0.2) is 6.10 Å². The van der Waals surface area contributed by atoms with Gasteiger partial charge in [-0.1, -0.05) is 70.2 Å². The minimum Gasteiger partial charge on any atom is -0.457 e. The van der Waals surface area contributed by atoms with Crippen LogP contribution in [0.3, 0.4) is 0 Å². The number of hydrogen-bond donors (Lipinski definition) is 0. The Morgan fingerprint density at radius 3 is 2.08 bits per heavy atom. The van der Waals surface area contributed by atoms with Crippen LogP contribution in [0.15, 0.2) is 78.9 Å². The molecule has 1 heterocycles. The van der Waals surface area contributed by atoms with Crippen LogP contribution in [0.4, 0.5) is 5.69 Å².